The molecule has 2 rings (SSSR count). The molecule has 112 valence electrons. The molecule has 1 saturated heterocycles. The van der Waals surface area contributed by atoms with Gasteiger partial charge < -0.3 is 4.90 Å². The second kappa shape index (κ2) is 8.46. The molecule has 1 atom stereocenters. The highest BCUT2D eigenvalue weighted by Crippen LogP contribution is 2.23. The highest BCUT2D eigenvalue weighted by atomic mass is 15.1. The molecule has 0 spiro atoms. The Labute approximate surface area is 125 Å². The Kier molecular flexibility index (Phi) is 6.59. The largest absolute Gasteiger partial charge is 0.301 e. The lowest BCUT2D eigenvalue weighted by Crippen LogP contribution is -2.35. The number of aryl methyl sites for hydroxylation is 1. The van der Waals surface area contributed by atoms with E-state index in [9.17, 15) is 0 Å². The van der Waals surface area contributed by atoms with Gasteiger partial charge in [-0.3, -0.25) is 0 Å². The van der Waals surface area contributed by atoms with Crippen molar-refractivity contribution in [3.63, 3.8) is 0 Å². The molecule has 1 fully saturated rings. The van der Waals surface area contributed by atoms with Crippen LogP contribution in [0.4, 0.5) is 0 Å². The molecule has 1 aromatic carbocycles. The summed E-state index contributed by atoms with van der Waals surface area (Å²) in [6.45, 7) is 7.31. The second-order valence-corrected chi connectivity index (χ2v) is 6.66. The summed E-state index contributed by atoms with van der Waals surface area (Å²) in [7, 11) is 0. The third-order valence-corrected chi connectivity index (χ3v) is 4.78. The number of benzene rings is 1. The van der Waals surface area contributed by atoms with Crippen LogP contribution in [0.2, 0.25) is 0 Å². The van der Waals surface area contributed by atoms with Crippen molar-refractivity contribution in [1.29, 1.82) is 0 Å². The van der Waals surface area contributed by atoms with Crippen LogP contribution in [0, 0.1) is 5.92 Å². The fraction of sp³-hybridized carbons (Fsp3) is 0.684. The van der Waals surface area contributed by atoms with E-state index in [-0.39, 0.29) is 0 Å². The van der Waals surface area contributed by atoms with E-state index >= 15 is 0 Å². The van der Waals surface area contributed by atoms with Crippen molar-refractivity contribution in [2.45, 2.75) is 64.8 Å². The first-order valence-corrected chi connectivity index (χ1v) is 8.53. The van der Waals surface area contributed by atoms with Gasteiger partial charge >= 0.3 is 0 Å². The number of rotatable bonds is 5. The maximum absolute atomic E-state index is 2.67. The molecule has 0 aromatic heterocycles. The SMILES string of the molecule is CC(C)N1CCCCC(CCCc2ccccc2)CC1. The fourth-order valence-corrected chi connectivity index (χ4v) is 3.40. The zero-order valence-corrected chi connectivity index (χ0v) is 13.4. The first-order valence-electron chi connectivity index (χ1n) is 8.53. The van der Waals surface area contributed by atoms with Crippen molar-refractivity contribution in [3.05, 3.63) is 35.9 Å². The number of nitrogens with zero attached hydrogens (tertiary/aromatic N) is 1. The van der Waals surface area contributed by atoms with Crippen LogP contribution in [0.1, 0.15) is 57.9 Å². The van der Waals surface area contributed by atoms with Crippen molar-refractivity contribution >= 4 is 0 Å². The lowest BCUT2D eigenvalue weighted by atomic mass is 9.90. The van der Waals surface area contributed by atoms with Gasteiger partial charge in [0, 0.05) is 6.04 Å². The predicted octanol–water partition coefficient (Wildman–Crippen LogP) is 4.91. The van der Waals surface area contributed by atoms with Crippen LogP contribution in [-0.4, -0.2) is 24.0 Å². The van der Waals surface area contributed by atoms with E-state index in [1.165, 1.54) is 63.6 Å². The smallest absolute Gasteiger partial charge is 0.00385 e. The predicted molar refractivity (Wildman–Crippen MR) is 88.0 cm³/mol. The summed E-state index contributed by atoms with van der Waals surface area (Å²) in [6.07, 6.45) is 9.72. The van der Waals surface area contributed by atoms with Crippen LogP contribution >= 0.6 is 0 Å². The average molecular weight is 273 g/mol. The van der Waals surface area contributed by atoms with Gasteiger partial charge in [0.1, 0.15) is 0 Å². The molecule has 1 unspecified atom stereocenters. The zero-order chi connectivity index (χ0) is 14.2. The van der Waals surface area contributed by atoms with Crippen molar-refractivity contribution < 1.29 is 0 Å². The van der Waals surface area contributed by atoms with Crippen LogP contribution in [-0.2, 0) is 6.42 Å². The summed E-state index contributed by atoms with van der Waals surface area (Å²) in [4.78, 5) is 2.67. The maximum atomic E-state index is 2.67. The van der Waals surface area contributed by atoms with E-state index in [2.05, 4.69) is 49.1 Å². The van der Waals surface area contributed by atoms with Crippen molar-refractivity contribution in [2.75, 3.05) is 13.1 Å². The second-order valence-electron chi connectivity index (χ2n) is 6.66. The summed E-state index contributed by atoms with van der Waals surface area (Å²) in [5.74, 6) is 0.959. The molecule has 1 aliphatic rings. The Morgan fingerprint density at radius 2 is 1.85 bits per heavy atom. The van der Waals surface area contributed by atoms with Gasteiger partial charge in [0.05, 0.1) is 0 Å². The van der Waals surface area contributed by atoms with Crippen LogP contribution in [0.25, 0.3) is 0 Å². The van der Waals surface area contributed by atoms with Crippen molar-refractivity contribution in [3.8, 4) is 0 Å². The molecule has 20 heavy (non-hydrogen) atoms. The minimum Gasteiger partial charge on any atom is -0.301 e. The van der Waals surface area contributed by atoms with Crippen molar-refractivity contribution in [1.82, 2.24) is 4.90 Å². The Bertz CT molecular complexity index is 357. The highest BCUT2D eigenvalue weighted by molar-refractivity contribution is 5.14. The normalized spacial score (nSPS) is 21.6. The Morgan fingerprint density at radius 1 is 1.05 bits per heavy atom. The highest BCUT2D eigenvalue weighted by Gasteiger charge is 2.16. The third kappa shape index (κ3) is 5.28. The summed E-state index contributed by atoms with van der Waals surface area (Å²) >= 11 is 0. The lowest BCUT2D eigenvalue weighted by Gasteiger charge is -2.31. The third-order valence-electron chi connectivity index (χ3n) is 4.78. The molecule has 1 aromatic rings. The lowest BCUT2D eigenvalue weighted by molar-refractivity contribution is 0.178. The molecule has 0 N–H and O–H groups in total. The first kappa shape index (κ1) is 15.6. The van der Waals surface area contributed by atoms with E-state index in [0.717, 1.165) is 12.0 Å². The first-order chi connectivity index (χ1) is 9.75. The Balaban J connectivity index is 1.71. The molecule has 0 amide bonds. The standard InChI is InChI=1S/C19H31N/c1-17(2)20-15-7-6-11-19(14-16-20)13-8-12-18-9-4-3-5-10-18/h3-5,9-10,17,19H,6-8,11-16H2,1-2H3. The minimum absolute atomic E-state index is 0.720. The quantitative estimate of drug-likeness (QED) is 0.737. The van der Waals surface area contributed by atoms with E-state index in [4.69, 9.17) is 0 Å². The van der Waals surface area contributed by atoms with Gasteiger partial charge in [-0.2, -0.15) is 0 Å². The molecular weight excluding hydrogens is 242 g/mol. The van der Waals surface area contributed by atoms with Crippen LogP contribution in [0.5, 0.6) is 0 Å². The molecular formula is C19H31N. The van der Waals surface area contributed by atoms with Gasteiger partial charge in [-0.15, -0.1) is 0 Å². The van der Waals surface area contributed by atoms with Gasteiger partial charge in [-0.1, -0.05) is 49.6 Å². The number of hydrogen-bond acceptors (Lipinski definition) is 1. The molecule has 1 heteroatoms. The molecule has 0 radical (unpaired) electrons. The van der Waals surface area contributed by atoms with E-state index in [0.29, 0.717) is 0 Å². The molecule has 0 bridgehead atoms. The van der Waals surface area contributed by atoms with Gasteiger partial charge in [0.2, 0.25) is 0 Å². The topological polar surface area (TPSA) is 3.24 Å². The average Bonchev–Trinajstić information content (AvgIpc) is 2.42. The van der Waals surface area contributed by atoms with Gasteiger partial charge in [-0.25, -0.2) is 0 Å². The molecule has 1 nitrogen and oxygen atoms in total. The maximum Gasteiger partial charge on any atom is 0.00385 e. The van der Waals surface area contributed by atoms with Gasteiger partial charge in [-0.05, 0) is 64.1 Å². The van der Waals surface area contributed by atoms with Crippen LogP contribution < -0.4 is 0 Å². The van der Waals surface area contributed by atoms with Crippen molar-refractivity contribution in [2.24, 2.45) is 5.92 Å². The summed E-state index contributed by atoms with van der Waals surface area (Å²) < 4.78 is 0. The Morgan fingerprint density at radius 3 is 2.60 bits per heavy atom. The van der Waals surface area contributed by atoms with Crippen LogP contribution in [0.3, 0.4) is 0 Å². The monoisotopic (exact) mass is 273 g/mol. The van der Waals surface area contributed by atoms with E-state index in [1.807, 2.05) is 0 Å². The minimum atomic E-state index is 0.720. The molecule has 1 heterocycles. The molecule has 1 aliphatic heterocycles. The summed E-state index contributed by atoms with van der Waals surface area (Å²) in [6, 6.07) is 11.7. The summed E-state index contributed by atoms with van der Waals surface area (Å²) in [5, 5.41) is 0. The van der Waals surface area contributed by atoms with E-state index < -0.39 is 0 Å². The van der Waals surface area contributed by atoms with Gasteiger partial charge in [0.15, 0.2) is 0 Å². The zero-order valence-electron chi connectivity index (χ0n) is 13.4. The summed E-state index contributed by atoms with van der Waals surface area (Å²) in [5.41, 5.74) is 1.50. The van der Waals surface area contributed by atoms with Crippen LogP contribution in [0.15, 0.2) is 30.3 Å². The number of hydrogen-bond donors (Lipinski definition) is 0. The Hall–Kier alpha value is -0.820. The number of likely N-dealkylation sites (tertiary alicyclic amines) is 1. The van der Waals surface area contributed by atoms with Gasteiger partial charge in [0.25, 0.3) is 0 Å². The molecule has 0 saturated carbocycles. The van der Waals surface area contributed by atoms with E-state index in [1.54, 1.807) is 0 Å². The molecule has 0 aliphatic carbocycles. The fourth-order valence-electron chi connectivity index (χ4n) is 3.40.